The van der Waals surface area contributed by atoms with E-state index in [0.29, 0.717) is 5.69 Å². The van der Waals surface area contributed by atoms with E-state index >= 15 is 0 Å². The molecule has 0 fully saturated rings. The summed E-state index contributed by atoms with van der Waals surface area (Å²) in [4.78, 5) is 3.81. The summed E-state index contributed by atoms with van der Waals surface area (Å²) in [7, 11) is 0. The van der Waals surface area contributed by atoms with Gasteiger partial charge >= 0.3 is 0 Å². The molecule has 0 aliphatic carbocycles. The van der Waals surface area contributed by atoms with Gasteiger partial charge in [-0.05, 0) is 19.1 Å². The molecule has 1 heterocycles. The normalized spacial score (nSPS) is 10.9. The summed E-state index contributed by atoms with van der Waals surface area (Å²) in [5.41, 5.74) is 6.81. The third kappa shape index (κ3) is 0.780. The van der Waals surface area contributed by atoms with Crippen molar-refractivity contribution in [3.8, 4) is 0 Å². The Hall–Kier alpha value is -1.05. The van der Waals surface area contributed by atoms with E-state index < -0.39 is 0 Å². The summed E-state index contributed by atoms with van der Waals surface area (Å²) in [5.74, 6) is 0. The van der Waals surface area contributed by atoms with E-state index in [4.69, 9.17) is 7.10 Å². The standard InChI is InChI=1S/C6H8N2/c1-5-6(7)3-2-4-8-5/h2-4H,7H2,1H3/i4D. The molecule has 0 atom stereocenters. The van der Waals surface area contributed by atoms with Crippen LogP contribution in [-0.4, -0.2) is 4.98 Å². The summed E-state index contributed by atoms with van der Waals surface area (Å²) in [6, 6.07) is 3.26. The Balaban J connectivity index is 3.17. The molecule has 0 amide bonds. The van der Waals surface area contributed by atoms with E-state index in [-0.39, 0.29) is 6.17 Å². The fourth-order valence-corrected chi connectivity index (χ4v) is 0.446. The first-order chi connectivity index (χ1) is 4.20. The van der Waals surface area contributed by atoms with Crippen molar-refractivity contribution in [1.29, 1.82) is 0 Å². The van der Waals surface area contributed by atoms with Gasteiger partial charge in [-0.3, -0.25) is 4.98 Å². The van der Waals surface area contributed by atoms with Crippen LogP contribution in [0.3, 0.4) is 0 Å². The van der Waals surface area contributed by atoms with Gasteiger partial charge < -0.3 is 5.73 Å². The predicted molar refractivity (Wildman–Crippen MR) is 33.4 cm³/mol. The molecule has 1 aromatic heterocycles. The molecule has 1 rings (SSSR count). The average Bonchev–Trinajstić information content (AvgIpc) is 1.80. The van der Waals surface area contributed by atoms with Crippen molar-refractivity contribution in [2.45, 2.75) is 6.92 Å². The number of aromatic nitrogens is 1. The van der Waals surface area contributed by atoms with Crippen LogP contribution in [0, 0.1) is 6.92 Å². The highest BCUT2D eigenvalue weighted by Crippen LogP contribution is 2.02. The molecular weight excluding hydrogens is 100 g/mol. The number of anilines is 1. The van der Waals surface area contributed by atoms with Crippen LogP contribution >= 0.6 is 0 Å². The lowest BCUT2D eigenvalue weighted by Gasteiger charge is -1.92. The maximum Gasteiger partial charge on any atom is 0.0840 e. The molecule has 0 aromatic carbocycles. The summed E-state index contributed by atoms with van der Waals surface area (Å²) in [6.07, 6.45) is 0.265. The van der Waals surface area contributed by atoms with Gasteiger partial charge in [0, 0.05) is 6.17 Å². The van der Waals surface area contributed by atoms with Gasteiger partial charge in [0.25, 0.3) is 0 Å². The Morgan fingerprint density at radius 2 is 2.62 bits per heavy atom. The molecule has 2 nitrogen and oxygen atoms in total. The van der Waals surface area contributed by atoms with E-state index in [9.17, 15) is 0 Å². The van der Waals surface area contributed by atoms with Crippen LogP contribution in [0.15, 0.2) is 18.3 Å². The lowest BCUT2D eigenvalue weighted by Crippen LogP contribution is -1.89. The van der Waals surface area contributed by atoms with Crippen LogP contribution in [0.5, 0.6) is 0 Å². The molecule has 0 saturated carbocycles. The van der Waals surface area contributed by atoms with E-state index in [1.54, 1.807) is 19.1 Å². The highest BCUT2D eigenvalue weighted by molar-refractivity contribution is 5.40. The number of rotatable bonds is 0. The van der Waals surface area contributed by atoms with Gasteiger partial charge in [0.2, 0.25) is 0 Å². The smallest absolute Gasteiger partial charge is 0.0840 e. The number of hydrogen-bond donors (Lipinski definition) is 1. The van der Waals surface area contributed by atoms with Gasteiger partial charge in [-0.25, -0.2) is 0 Å². The molecule has 0 spiro atoms. The van der Waals surface area contributed by atoms with Crippen molar-refractivity contribution >= 4 is 5.69 Å². The van der Waals surface area contributed by atoms with Crippen LogP contribution < -0.4 is 5.73 Å². The second-order valence-corrected chi connectivity index (χ2v) is 1.61. The minimum absolute atomic E-state index is 0.265. The number of aryl methyl sites for hydroxylation is 1. The molecule has 0 aliphatic rings. The fourth-order valence-electron chi connectivity index (χ4n) is 0.446. The molecule has 2 heteroatoms. The minimum atomic E-state index is 0.265. The Kier molecular flexibility index (Phi) is 0.886. The van der Waals surface area contributed by atoms with Crippen LogP contribution in [0.2, 0.25) is 0 Å². The summed E-state index contributed by atoms with van der Waals surface area (Å²) in [5, 5.41) is 0. The van der Waals surface area contributed by atoms with E-state index in [1.165, 1.54) is 0 Å². The number of nitrogens with two attached hydrogens (primary N) is 1. The van der Waals surface area contributed by atoms with E-state index in [1.807, 2.05) is 0 Å². The van der Waals surface area contributed by atoms with Crippen LogP contribution in [0.25, 0.3) is 0 Å². The third-order valence-electron chi connectivity index (χ3n) is 0.987. The molecule has 0 bridgehead atoms. The number of nitrogens with zero attached hydrogens (tertiary/aromatic N) is 1. The summed E-state index contributed by atoms with van der Waals surface area (Å²) >= 11 is 0. The lowest BCUT2D eigenvalue weighted by molar-refractivity contribution is 1.21. The molecule has 0 saturated heterocycles. The highest BCUT2D eigenvalue weighted by atomic mass is 14.7. The first-order valence-electron chi connectivity index (χ1n) is 2.90. The molecule has 42 valence electrons. The van der Waals surface area contributed by atoms with Crippen molar-refractivity contribution in [2.24, 2.45) is 0 Å². The van der Waals surface area contributed by atoms with E-state index in [2.05, 4.69) is 4.98 Å². The zero-order valence-electron chi connectivity index (χ0n) is 5.68. The number of pyridine rings is 1. The Labute approximate surface area is 49.8 Å². The maximum atomic E-state index is 7.07. The van der Waals surface area contributed by atoms with Crippen LogP contribution in [0.4, 0.5) is 5.69 Å². The first kappa shape index (κ1) is 3.89. The van der Waals surface area contributed by atoms with Crippen molar-refractivity contribution in [2.75, 3.05) is 5.73 Å². The van der Waals surface area contributed by atoms with Crippen LogP contribution in [0.1, 0.15) is 7.06 Å². The second-order valence-electron chi connectivity index (χ2n) is 1.61. The summed E-state index contributed by atoms with van der Waals surface area (Å²) < 4.78 is 7.07. The minimum Gasteiger partial charge on any atom is -0.397 e. The first-order valence-corrected chi connectivity index (χ1v) is 2.40. The monoisotopic (exact) mass is 109 g/mol. The molecule has 0 aliphatic heterocycles. The van der Waals surface area contributed by atoms with Crippen molar-refractivity contribution in [3.05, 3.63) is 24.0 Å². The third-order valence-corrected chi connectivity index (χ3v) is 0.987. The number of hydrogen-bond acceptors (Lipinski definition) is 2. The van der Waals surface area contributed by atoms with Crippen LogP contribution in [-0.2, 0) is 0 Å². The molecule has 1 aromatic rings. The largest absolute Gasteiger partial charge is 0.397 e. The zero-order valence-corrected chi connectivity index (χ0v) is 4.68. The van der Waals surface area contributed by atoms with Gasteiger partial charge in [0.05, 0.1) is 12.8 Å². The quantitative estimate of drug-likeness (QED) is 0.539. The van der Waals surface area contributed by atoms with Crippen molar-refractivity contribution in [1.82, 2.24) is 4.98 Å². The Morgan fingerprint density at radius 3 is 3.12 bits per heavy atom. The Morgan fingerprint density at radius 1 is 1.88 bits per heavy atom. The Bertz CT molecular complexity index is 222. The van der Waals surface area contributed by atoms with Crippen molar-refractivity contribution < 1.29 is 1.37 Å². The lowest BCUT2D eigenvalue weighted by atomic mass is 10.3. The van der Waals surface area contributed by atoms with Gasteiger partial charge in [-0.15, -0.1) is 0 Å². The topological polar surface area (TPSA) is 38.9 Å². The molecule has 0 radical (unpaired) electrons. The SMILES string of the molecule is [2H]c1ccc(N)c(C)n1. The molecule has 2 N–H and O–H groups in total. The molecule has 0 unspecified atom stereocenters. The van der Waals surface area contributed by atoms with Gasteiger partial charge in [-0.2, -0.15) is 0 Å². The fraction of sp³-hybridized carbons (Fsp3) is 0.167. The second kappa shape index (κ2) is 1.82. The maximum absolute atomic E-state index is 7.07. The molecule has 8 heavy (non-hydrogen) atoms. The van der Waals surface area contributed by atoms with Gasteiger partial charge in [-0.1, -0.05) is 0 Å². The number of nitrogen functional groups attached to an aromatic ring is 1. The van der Waals surface area contributed by atoms with E-state index in [0.717, 1.165) is 5.69 Å². The predicted octanol–water partition coefficient (Wildman–Crippen LogP) is 0.972. The zero-order chi connectivity index (χ0) is 6.85. The molecular formula is C6H8N2. The average molecular weight is 109 g/mol. The highest BCUT2D eigenvalue weighted by Gasteiger charge is 1.86. The van der Waals surface area contributed by atoms with Crippen molar-refractivity contribution in [3.63, 3.8) is 0 Å². The van der Waals surface area contributed by atoms with Gasteiger partial charge in [0.15, 0.2) is 0 Å². The summed E-state index contributed by atoms with van der Waals surface area (Å²) in [6.45, 7) is 1.79. The van der Waals surface area contributed by atoms with Gasteiger partial charge in [0.1, 0.15) is 0 Å².